The zero-order chi connectivity index (χ0) is 13.9. The molecule has 1 aliphatic heterocycles. The fourth-order valence-electron chi connectivity index (χ4n) is 3.00. The molecule has 0 radical (unpaired) electrons. The van der Waals surface area contributed by atoms with Crippen molar-refractivity contribution in [1.82, 2.24) is 4.98 Å². The minimum absolute atomic E-state index is 0.0676. The van der Waals surface area contributed by atoms with E-state index in [1.165, 1.54) is 31.5 Å². The third kappa shape index (κ3) is 2.92. The average Bonchev–Trinajstić information content (AvgIpc) is 2.92. The molecule has 1 saturated heterocycles. The number of rotatable bonds is 5. The van der Waals surface area contributed by atoms with Crippen molar-refractivity contribution in [1.29, 1.82) is 0 Å². The highest BCUT2D eigenvalue weighted by Crippen LogP contribution is 2.38. The van der Waals surface area contributed by atoms with Gasteiger partial charge in [0.05, 0.1) is 17.6 Å². The van der Waals surface area contributed by atoms with Crippen LogP contribution in [0, 0.1) is 5.41 Å². The molecule has 0 unspecified atom stereocenters. The minimum atomic E-state index is 0.0676. The number of pyridine rings is 1. The number of nitrogens with two attached hydrogens (primary N) is 1. The van der Waals surface area contributed by atoms with E-state index < -0.39 is 0 Å². The van der Waals surface area contributed by atoms with E-state index >= 15 is 0 Å². The predicted molar refractivity (Wildman–Crippen MR) is 81.3 cm³/mol. The highest BCUT2D eigenvalue weighted by molar-refractivity contribution is 5.46. The third-order valence-corrected chi connectivity index (χ3v) is 4.89. The maximum atomic E-state index is 6.01. The lowest BCUT2D eigenvalue weighted by atomic mass is 9.82. The van der Waals surface area contributed by atoms with Crippen molar-refractivity contribution in [2.24, 2.45) is 11.1 Å². The summed E-state index contributed by atoms with van der Waals surface area (Å²) in [5, 5.41) is 0. The molecule has 1 aliphatic rings. The topological polar surface area (TPSA) is 42.1 Å². The molecule has 2 rings (SSSR count). The first-order valence-electron chi connectivity index (χ1n) is 7.60. The number of anilines is 1. The molecule has 3 nitrogen and oxygen atoms in total. The number of aromatic nitrogens is 1. The number of hydrogen-bond acceptors (Lipinski definition) is 3. The van der Waals surface area contributed by atoms with Crippen LogP contribution in [-0.2, 0) is 0 Å². The second-order valence-electron chi connectivity index (χ2n) is 5.83. The van der Waals surface area contributed by atoms with Gasteiger partial charge in [0.15, 0.2) is 0 Å². The van der Waals surface area contributed by atoms with Crippen molar-refractivity contribution < 1.29 is 0 Å². The quantitative estimate of drug-likeness (QED) is 0.882. The SMILES string of the molecule is CC[C@H](N)c1ccc(N2CCC(CC)(CC)C2)cn1. The molecule has 2 heterocycles. The van der Waals surface area contributed by atoms with Gasteiger partial charge in [0.2, 0.25) is 0 Å². The Morgan fingerprint density at radius 3 is 2.53 bits per heavy atom. The van der Waals surface area contributed by atoms with Crippen LogP contribution >= 0.6 is 0 Å². The standard InChI is InChI=1S/C16H27N3/c1-4-14(17)15-8-7-13(11-18-15)19-10-9-16(5-2,6-3)12-19/h7-8,11,14H,4-6,9-10,12,17H2,1-3H3/t14-/m0/s1. The van der Waals surface area contributed by atoms with Crippen LogP contribution in [0.3, 0.4) is 0 Å². The van der Waals surface area contributed by atoms with E-state index in [2.05, 4.69) is 42.8 Å². The summed E-state index contributed by atoms with van der Waals surface area (Å²) in [5.74, 6) is 0. The fraction of sp³-hybridized carbons (Fsp3) is 0.688. The summed E-state index contributed by atoms with van der Waals surface area (Å²) in [4.78, 5) is 7.00. The monoisotopic (exact) mass is 261 g/mol. The van der Waals surface area contributed by atoms with Crippen LogP contribution in [0.5, 0.6) is 0 Å². The molecule has 1 aromatic heterocycles. The molecule has 2 N–H and O–H groups in total. The average molecular weight is 261 g/mol. The lowest BCUT2D eigenvalue weighted by Crippen LogP contribution is -2.26. The molecular weight excluding hydrogens is 234 g/mol. The van der Waals surface area contributed by atoms with Gasteiger partial charge >= 0.3 is 0 Å². The van der Waals surface area contributed by atoms with Gasteiger partial charge in [-0.25, -0.2) is 0 Å². The molecule has 0 bridgehead atoms. The summed E-state index contributed by atoms with van der Waals surface area (Å²) in [5.41, 5.74) is 8.77. The smallest absolute Gasteiger partial charge is 0.0572 e. The van der Waals surface area contributed by atoms with Crippen LogP contribution in [0.25, 0.3) is 0 Å². The van der Waals surface area contributed by atoms with E-state index in [9.17, 15) is 0 Å². The van der Waals surface area contributed by atoms with Crippen molar-refractivity contribution in [3.05, 3.63) is 24.0 Å². The molecule has 0 amide bonds. The molecule has 0 spiro atoms. The van der Waals surface area contributed by atoms with E-state index in [1.807, 2.05) is 6.20 Å². The Labute approximate surface area is 117 Å². The number of hydrogen-bond donors (Lipinski definition) is 1. The lowest BCUT2D eigenvalue weighted by Gasteiger charge is -2.27. The van der Waals surface area contributed by atoms with Crippen molar-refractivity contribution >= 4 is 5.69 Å². The highest BCUT2D eigenvalue weighted by atomic mass is 15.2. The van der Waals surface area contributed by atoms with Crippen LogP contribution < -0.4 is 10.6 Å². The Kier molecular flexibility index (Phi) is 4.46. The Morgan fingerprint density at radius 1 is 1.32 bits per heavy atom. The van der Waals surface area contributed by atoms with Gasteiger partial charge in [0.25, 0.3) is 0 Å². The summed E-state index contributed by atoms with van der Waals surface area (Å²) < 4.78 is 0. The largest absolute Gasteiger partial charge is 0.370 e. The summed E-state index contributed by atoms with van der Waals surface area (Å²) in [7, 11) is 0. The number of nitrogens with zero attached hydrogens (tertiary/aromatic N) is 2. The first-order valence-corrected chi connectivity index (χ1v) is 7.60. The molecule has 3 heteroatoms. The van der Waals surface area contributed by atoms with Crippen molar-refractivity contribution in [2.75, 3.05) is 18.0 Å². The van der Waals surface area contributed by atoms with E-state index in [1.54, 1.807) is 0 Å². The van der Waals surface area contributed by atoms with Gasteiger partial charge in [-0.05, 0) is 43.2 Å². The normalized spacial score (nSPS) is 19.7. The van der Waals surface area contributed by atoms with Gasteiger partial charge in [-0.3, -0.25) is 4.98 Å². The molecule has 106 valence electrons. The third-order valence-electron chi connectivity index (χ3n) is 4.89. The Balaban J connectivity index is 2.08. The van der Waals surface area contributed by atoms with Crippen molar-refractivity contribution in [3.8, 4) is 0 Å². The van der Waals surface area contributed by atoms with Gasteiger partial charge in [-0.2, -0.15) is 0 Å². The van der Waals surface area contributed by atoms with Crippen molar-refractivity contribution in [3.63, 3.8) is 0 Å². The van der Waals surface area contributed by atoms with Gasteiger partial charge in [0, 0.05) is 19.1 Å². The first-order chi connectivity index (χ1) is 9.14. The van der Waals surface area contributed by atoms with Gasteiger partial charge in [-0.1, -0.05) is 20.8 Å². The van der Waals surface area contributed by atoms with Crippen LogP contribution in [0.15, 0.2) is 18.3 Å². The first kappa shape index (κ1) is 14.3. The summed E-state index contributed by atoms with van der Waals surface area (Å²) in [6.07, 6.45) is 6.77. The Morgan fingerprint density at radius 2 is 2.05 bits per heavy atom. The molecule has 19 heavy (non-hydrogen) atoms. The van der Waals surface area contributed by atoms with Crippen LogP contribution in [0.1, 0.15) is 58.2 Å². The second kappa shape index (κ2) is 5.91. The maximum Gasteiger partial charge on any atom is 0.0572 e. The molecule has 1 aromatic rings. The van der Waals surface area contributed by atoms with E-state index in [0.29, 0.717) is 5.41 Å². The van der Waals surface area contributed by atoms with Crippen LogP contribution in [0.2, 0.25) is 0 Å². The second-order valence-corrected chi connectivity index (χ2v) is 5.83. The van der Waals surface area contributed by atoms with Crippen LogP contribution in [-0.4, -0.2) is 18.1 Å². The molecule has 1 fully saturated rings. The van der Waals surface area contributed by atoms with Gasteiger partial charge in [0.1, 0.15) is 0 Å². The lowest BCUT2D eigenvalue weighted by molar-refractivity contribution is 0.301. The van der Waals surface area contributed by atoms with E-state index in [0.717, 1.165) is 18.7 Å². The molecule has 0 aromatic carbocycles. The molecular formula is C16H27N3. The molecule has 0 saturated carbocycles. The summed E-state index contributed by atoms with van der Waals surface area (Å²) in [6, 6.07) is 4.33. The highest BCUT2D eigenvalue weighted by Gasteiger charge is 2.34. The predicted octanol–water partition coefficient (Wildman–Crippen LogP) is 3.51. The minimum Gasteiger partial charge on any atom is -0.370 e. The van der Waals surface area contributed by atoms with Gasteiger partial charge < -0.3 is 10.6 Å². The summed E-state index contributed by atoms with van der Waals surface area (Å²) >= 11 is 0. The van der Waals surface area contributed by atoms with Gasteiger partial charge in [-0.15, -0.1) is 0 Å². The summed E-state index contributed by atoms with van der Waals surface area (Å²) in [6.45, 7) is 9.05. The Bertz CT molecular complexity index is 395. The molecule has 1 atom stereocenters. The maximum absolute atomic E-state index is 6.01. The van der Waals surface area contributed by atoms with E-state index in [4.69, 9.17) is 5.73 Å². The fourth-order valence-corrected chi connectivity index (χ4v) is 3.00. The van der Waals surface area contributed by atoms with E-state index in [-0.39, 0.29) is 6.04 Å². The van der Waals surface area contributed by atoms with Crippen LogP contribution in [0.4, 0.5) is 5.69 Å². The zero-order valence-electron chi connectivity index (χ0n) is 12.5. The Hall–Kier alpha value is -1.09. The van der Waals surface area contributed by atoms with Crippen molar-refractivity contribution in [2.45, 2.75) is 52.5 Å². The molecule has 0 aliphatic carbocycles. The zero-order valence-corrected chi connectivity index (χ0v) is 12.5.